The largest absolute Gasteiger partial charge is 0.481 e. The van der Waals surface area contributed by atoms with E-state index in [0.29, 0.717) is 12.3 Å². The Morgan fingerprint density at radius 1 is 1.12 bits per heavy atom. The maximum atomic E-state index is 13.4. The van der Waals surface area contributed by atoms with E-state index in [4.69, 9.17) is 5.11 Å². The Labute approximate surface area is 143 Å². The fraction of sp³-hybridized carbons (Fsp3) is 0.600. The van der Waals surface area contributed by atoms with E-state index in [1.54, 1.807) is 0 Å². The van der Waals surface area contributed by atoms with Crippen LogP contribution in [0.5, 0.6) is 0 Å². The lowest BCUT2D eigenvalue weighted by atomic mass is 9.77. The SMILES string of the molecule is O=C(O)CCC1CCCN(C(=O)C2(c3ccccc3)CCCC2)C1. The molecule has 24 heavy (non-hydrogen) atoms. The molecule has 2 fully saturated rings. The number of carboxylic acid groups (broad SMARTS) is 1. The summed E-state index contributed by atoms with van der Waals surface area (Å²) in [6.45, 7) is 1.54. The number of rotatable bonds is 5. The molecule has 4 nitrogen and oxygen atoms in total. The first kappa shape index (κ1) is 17.0. The lowest BCUT2D eigenvalue weighted by Crippen LogP contribution is -2.49. The van der Waals surface area contributed by atoms with Crippen molar-refractivity contribution in [2.24, 2.45) is 5.92 Å². The van der Waals surface area contributed by atoms with Gasteiger partial charge < -0.3 is 10.0 Å². The summed E-state index contributed by atoms with van der Waals surface area (Å²) in [7, 11) is 0. The van der Waals surface area contributed by atoms with E-state index < -0.39 is 5.97 Å². The number of carbonyl (C=O) groups is 2. The summed E-state index contributed by atoms with van der Waals surface area (Å²) in [5.41, 5.74) is 0.802. The average molecular weight is 329 g/mol. The molecule has 1 saturated heterocycles. The van der Waals surface area contributed by atoms with Gasteiger partial charge in [0.1, 0.15) is 0 Å². The summed E-state index contributed by atoms with van der Waals surface area (Å²) in [5.74, 6) is -0.144. The Kier molecular flexibility index (Phi) is 5.22. The third-order valence-corrected chi connectivity index (χ3v) is 5.77. The normalized spacial score (nSPS) is 23.2. The molecular weight excluding hydrogens is 302 g/mol. The molecule has 1 aliphatic carbocycles. The van der Waals surface area contributed by atoms with Crippen molar-refractivity contribution in [3.05, 3.63) is 35.9 Å². The highest BCUT2D eigenvalue weighted by Crippen LogP contribution is 2.43. The molecule has 4 heteroatoms. The van der Waals surface area contributed by atoms with Crippen LogP contribution >= 0.6 is 0 Å². The summed E-state index contributed by atoms with van der Waals surface area (Å²) in [6, 6.07) is 10.2. The summed E-state index contributed by atoms with van der Waals surface area (Å²) < 4.78 is 0. The van der Waals surface area contributed by atoms with Gasteiger partial charge >= 0.3 is 5.97 Å². The van der Waals surface area contributed by atoms with Crippen molar-refractivity contribution in [1.82, 2.24) is 4.90 Å². The van der Waals surface area contributed by atoms with Crippen molar-refractivity contribution in [3.63, 3.8) is 0 Å². The molecule has 1 heterocycles. The molecule has 0 bridgehead atoms. The fourth-order valence-corrected chi connectivity index (χ4v) is 4.48. The first-order chi connectivity index (χ1) is 11.6. The van der Waals surface area contributed by atoms with E-state index in [-0.39, 0.29) is 17.7 Å². The minimum Gasteiger partial charge on any atom is -0.481 e. The Hall–Kier alpha value is -1.84. The standard InChI is InChI=1S/C20H27NO3/c22-18(23)11-10-16-7-6-14-21(15-16)19(24)20(12-4-5-13-20)17-8-2-1-3-9-17/h1-3,8-9,16H,4-7,10-15H2,(H,22,23). The van der Waals surface area contributed by atoms with Gasteiger partial charge in [0, 0.05) is 19.5 Å². The van der Waals surface area contributed by atoms with Crippen LogP contribution in [-0.4, -0.2) is 35.0 Å². The van der Waals surface area contributed by atoms with E-state index >= 15 is 0 Å². The number of aliphatic carboxylic acids is 1. The number of carboxylic acids is 1. The molecule has 2 aliphatic rings. The maximum Gasteiger partial charge on any atom is 0.303 e. The van der Waals surface area contributed by atoms with Gasteiger partial charge in [-0.15, -0.1) is 0 Å². The van der Waals surface area contributed by atoms with E-state index in [1.807, 2.05) is 23.1 Å². The highest BCUT2D eigenvalue weighted by atomic mass is 16.4. The fourth-order valence-electron chi connectivity index (χ4n) is 4.48. The molecule has 1 saturated carbocycles. The molecule has 1 amide bonds. The van der Waals surface area contributed by atoms with Crippen molar-refractivity contribution in [3.8, 4) is 0 Å². The molecule has 3 rings (SSSR count). The monoisotopic (exact) mass is 329 g/mol. The number of carbonyl (C=O) groups excluding carboxylic acids is 1. The molecule has 1 N–H and O–H groups in total. The zero-order valence-corrected chi connectivity index (χ0v) is 14.2. The van der Waals surface area contributed by atoms with Gasteiger partial charge in [0.2, 0.25) is 5.91 Å². The molecule has 1 aromatic rings. The van der Waals surface area contributed by atoms with Crippen LogP contribution in [0.2, 0.25) is 0 Å². The van der Waals surface area contributed by atoms with Gasteiger partial charge in [0.05, 0.1) is 5.41 Å². The number of nitrogens with zero attached hydrogens (tertiary/aromatic N) is 1. The Morgan fingerprint density at radius 2 is 1.83 bits per heavy atom. The number of likely N-dealkylation sites (tertiary alicyclic amines) is 1. The molecule has 130 valence electrons. The van der Waals surface area contributed by atoms with Crippen molar-refractivity contribution in [2.75, 3.05) is 13.1 Å². The molecule has 0 radical (unpaired) electrons. The Morgan fingerprint density at radius 3 is 2.50 bits per heavy atom. The van der Waals surface area contributed by atoms with Crippen LogP contribution in [-0.2, 0) is 15.0 Å². The van der Waals surface area contributed by atoms with Crippen LogP contribution < -0.4 is 0 Å². The molecule has 1 aliphatic heterocycles. The van der Waals surface area contributed by atoms with Gasteiger partial charge in [-0.25, -0.2) is 0 Å². The second-order valence-electron chi connectivity index (χ2n) is 7.35. The Balaban J connectivity index is 1.75. The lowest BCUT2D eigenvalue weighted by Gasteiger charge is -2.39. The number of amides is 1. The third-order valence-electron chi connectivity index (χ3n) is 5.77. The number of hydrogen-bond acceptors (Lipinski definition) is 2. The summed E-state index contributed by atoms with van der Waals surface area (Å²) >= 11 is 0. The van der Waals surface area contributed by atoms with Crippen LogP contribution in [0.15, 0.2) is 30.3 Å². The zero-order valence-electron chi connectivity index (χ0n) is 14.2. The van der Waals surface area contributed by atoms with Gasteiger partial charge in [-0.2, -0.15) is 0 Å². The Bertz CT molecular complexity index is 578. The smallest absolute Gasteiger partial charge is 0.303 e. The molecule has 0 aromatic heterocycles. The van der Waals surface area contributed by atoms with E-state index in [1.165, 1.54) is 0 Å². The zero-order chi connectivity index (χ0) is 17.0. The predicted molar refractivity (Wildman–Crippen MR) is 92.8 cm³/mol. The van der Waals surface area contributed by atoms with Gasteiger partial charge in [0.15, 0.2) is 0 Å². The second-order valence-corrected chi connectivity index (χ2v) is 7.35. The van der Waals surface area contributed by atoms with Crippen LogP contribution in [0.3, 0.4) is 0 Å². The van der Waals surface area contributed by atoms with Crippen LogP contribution in [0.4, 0.5) is 0 Å². The third kappa shape index (κ3) is 3.47. The summed E-state index contributed by atoms with van der Waals surface area (Å²) in [5, 5.41) is 8.90. The van der Waals surface area contributed by atoms with E-state index in [2.05, 4.69) is 12.1 Å². The molecule has 0 spiro atoms. The number of piperidine rings is 1. The topological polar surface area (TPSA) is 57.6 Å². The van der Waals surface area contributed by atoms with Crippen LogP contribution in [0.1, 0.15) is 56.9 Å². The van der Waals surface area contributed by atoms with Gasteiger partial charge in [0.25, 0.3) is 0 Å². The molecule has 1 aromatic carbocycles. The first-order valence-electron chi connectivity index (χ1n) is 9.18. The molecule has 1 atom stereocenters. The first-order valence-corrected chi connectivity index (χ1v) is 9.18. The van der Waals surface area contributed by atoms with Gasteiger partial charge in [-0.1, -0.05) is 43.2 Å². The van der Waals surface area contributed by atoms with Crippen molar-refractivity contribution < 1.29 is 14.7 Å². The highest BCUT2D eigenvalue weighted by Gasteiger charge is 2.45. The number of hydrogen-bond donors (Lipinski definition) is 1. The average Bonchev–Trinajstić information content (AvgIpc) is 3.11. The van der Waals surface area contributed by atoms with E-state index in [0.717, 1.165) is 57.2 Å². The van der Waals surface area contributed by atoms with Crippen LogP contribution in [0, 0.1) is 5.92 Å². The maximum absolute atomic E-state index is 13.4. The predicted octanol–water partition coefficient (Wildman–Crippen LogP) is 3.60. The van der Waals surface area contributed by atoms with Crippen molar-refractivity contribution >= 4 is 11.9 Å². The minimum absolute atomic E-state index is 0.205. The highest BCUT2D eigenvalue weighted by molar-refractivity contribution is 5.88. The summed E-state index contributed by atoms with van der Waals surface area (Å²) in [4.78, 5) is 26.3. The molecular formula is C20H27NO3. The van der Waals surface area contributed by atoms with E-state index in [9.17, 15) is 9.59 Å². The quantitative estimate of drug-likeness (QED) is 0.898. The van der Waals surface area contributed by atoms with Crippen molar-refractivity contribution in [1.29, 1.82) is 0 Å². The van der Waals surface area contributed by atoms with Gasteiger partial charge in [-0.05, 0) is 43.6 Å². The molecule has 1 unspecified atom stereocenters. The number of benzene rings is 1. The minimum atomic E-state index is -0.741. The van der Waals surface area contributed by atoms with Gasteiger partial charge in [-0.3, -0.25) is 9.59 Å². The second kappa shape index (κ2) is 7.37. The van der Waals surface area contributed by atoms with Crippen molar-refractivity contribution in [2.45, 2.75) is 56.8 Å². The van der Waals surface area contributed by atoms with Crippen LogP contribution in [0.25, 0.3) is 0 Å². The lowest BCUT2D eigenvalue weighted by molar-refractivity contribution is -0.139. The summed E-state index contributed by atoms with van der Waals surface area (Å²) in [6.07, 6.45) is 7.00.